The normalized spacial score (nSPS) is 19.2. The SMILES string of the molecule is COc1ccc(CSCC(=O)NC2CC(C(=O)O)C2)cc1[N+](=O)[O-]. The second-order valence-electron chi connectivity index (χ2n) is 5.53. The number of ether oxygens (including phenoxy) is 1. The second kappa shape index (κ2) is 8.00. The molecule has 130 valence electrons. The number of nitrogens with zero attached hydrogens (tertiary/aromatic N) is 1. The first-order chi connectivity index (χ1) is 11.4. The number of nitrogens with one attached hydrogen (secondary N) is 1. The number of thioether (sulfide) groups is 1. The van der Waals surface area contributed by atoms with Gasteiger partial charge in [-0.05, 0) is 24.5 Å². The van der Waals surface area contributed by atoms with E-state index in [4.69, 9.17) is 9.84 Å². The topological polar surface area (TPSA) is 119 Å². The van der Waals surface area contributed by atoms with Crippen LogP contribution in [0.3, 0.4) is 0 Å². The van der Waals surface area contributed by atoms with Crippen LogP contribution in [0, 0.1) is 16.0 Å². The van der Waals surface area contributed by atoms with Crippen LogP contribution >= 0.6 is 11.8 Å². The fourth-order valence-corrected chi connectivity index (χ4v) is 3.22. The fourth-order valence-electron chi connectivity index (χ4n) is 2.44. The highest BCUT2D eigenvalue weighted by molar-refractivity contribution is 7.99. The molecule has 1 amide bonds. The number of carbonyl (C=O) groups excluding carboxylic acids is 1. The number of carbonyl (C=O) groups is 2. The number of nitro benzene ring substituents is 1. The molecule has 2 rings (SSSR count). The zero-order chi connectivity index (χ0) is 17.7. The number of methoxy groups -OCH3 is 1. The van der Waals surface area contributed by atoms with Gasteiger partial charge in [-0.2, -0.15) is 0 Å². The Bertz CT molecular complexity index is 645. The molecule has 0 spiro atoms. The first-order valence-corrected chi connectivity index (χ1v) is 8.47. The molecule has 1 aliphatic carbocycles. The summed E-state index contributed by atoms with van der Waals surface area (Å²) in [6.07, 6.45) is 0.937. The van der Waals surface area contributed by atoms with E-state index < -0.39 is 10.9 Å². The summed E-state index contributed by atoms with van der Waals surface area (Å²) in [5.74, 6) is -0.463. The first-order valence-electron chi connectivity index (χ1n) is 7.32. The van der Waals surface area contributed by atoms with Crippen LogP contribution in [0.4, 0.5) is 5.69 Å². The maximum atomic E-state index is 11.8. The summed E-state index contributed by atoms with van der Waals surface area (Å²) in [4.78, 5) is 32.9. The van der Waals surface area contributed by atoms with E-state index in [-0.39, 0.29) is 35.1 Å². The van der Waals surface area contributed by atoms with Crippen molar-refractivity contribution in [3.05, 3.63) is 33.9 Å². The Kier molecular flexibility index (Phi) is 6.02. The van der Waals surface area contributed by atoms with Crippen LogP contribution < -0.4 is 10.1 Å². The molecule has 0 aliphatic heterocycles. The number of amides is 1. The van der Waals surface area contributed by atoms with Gasteiger partial charge < -0.3 is 15.2 Å². The highest BCUT2D eigenvalue weighted by Crippen LogP contribution is 2.29. The van der Waals surface area contributed by atoms with Gasteiger partial charge in [0.05, 0.1) is 23.7 Å². The van der Waals surface area contributed by atoms with E-state index in [1.807, 2.05) is 0 Å². The van der Waals surface area contributed by atoms with Gasteiger partial charge in [-0.15, -0.1) is 11.8 Å². The molecule has 24 heavy (non-hydrogen) atoms. The number of rotatable bonds is 8. The molecule has 2 N–H and O–H groups in total. The average Bonchev–Trinajstić information content (AvgIpc) is 2.49. The highest BCUT2D eigenvalue weighted by Gasteiger charge is 2.35. The van der Waals surface area contributed by atoms with Crippen LogP contribution in [0.5, 0.6) is 5.75 Å². The maximum Gasteiger partial charge on any atom is 0.311 e. The second-order valence-corrected chi connectivity index (χ2v) is 6.51. The third kappa shape index (κ3) is 4.60. The molecule has 1 aromatic rings. The Labute approximate surface area is 142 Å². The molecule has 0 atom stereocenters. The predicted molar refractivity (Wildman–Crippen MR) is 88.1 cm³/mol. The smallest absolute Gasteiger partial charge is 0.311 e. The zero-order valence-corrected chi connectivity index (χ0v) is 13.9. The van der Waals surface area contributed by atoms with Gasteiger partial charge in [0.25, 0.3) is 0 Å². The number of carboxylic acids is 1. The summed E-state index contributed by atoms with van der Waals surface area (Å²) >= 11 is 1.34. The summed E-state index contributed by atoms with van der Waals surface area (Å²) in [6.45, 7) is 0. The molecule has 1 fully saturated rings. The van der Waals surface area contributed by atoms with Crippen molar-refractivity contribution in [1.82, 2.24) is 5.32 Å². The molecular formula is C15H18N2O6S. The largest absolute Gasteiger partial charge is 0.490 e. The summed E-state index contributed by atoms with van der Waals surface area (Å²) in [5, 5.41) is 22.5. The lowest BCUT2D eigenvalue weighted by Crippen LogP contribution is -2.47. The molecule has 0 aromatic heterocycles. The molecule has 8 nitrogen and oxygen atoms in total. The van der Waals surface area contributed by atoms with Crippen LogP contribution in [0.1, 0.15) is 18.4 Å². The van der Waals surface area contributed by atoms with Crippen molar-refractivity contribution >= 4 is 29.3 Å². The van der Waals surface area contributed by atoms with E-state index in [0.29, 0.717) is 18.6 Å². The fraction of sp³-hybridized carbons (Fsp3) is 0.467. The molecule has 1 saturated carbocycles. The maximum absolute atomic E-state index is 11.8. The summed E-state index contributed by atoms with van der Waals surface area (Å²) in [5.41, 5.74) is 0.629. The van der Waals surface area contributed by atoms with E-state index in [0.717, 1.165) is 5.56 Å². The third-order valence-corrected chi connectivity index (χ3v) is 4.80. The van der Waals surface area contributed by atoms with Crippen molar-refractivity contribution in [2.75, 3.05) is 12.9 Å². The molecule has 0 heterocycles. The lowest BCUT2D eigenvalue weighted by atomic mass is 9.80. The van der Waals surface area contributed by atoms with Crippen molar-refractivity contribution in [3.8, 4) is 5.75 Å². The van der Waals surface area contributed by atoms with Crippen molar-refractivity contribution in [1.29, 1.82) is 0 Å². The van der Waals surface area contributed by atoms with E-state index in [1.165, 1.54) is 31.0 Å². The number of aliphatic carboxylic acids is 1. The lowest BCUT2D eigenvalue weighted by Gasteiger charge is -2.32. The molecule has 0 radical (unpaired) electrons. The van der Waals surface area contributed by atoms with Gasteiger partial charge >= 0.3 is 11.7 Å². The third-order valence-electron chi connectivity index (χ3n) is 3.79. The molecular weight excluding hydrogens is 336 g/mol. The minimum absolute atomic E-state index is 0.0683. The molecule has 0 saturated heterocycles. The summed E-state index contributed by atoms with van der Waals surface area (Å²) in [6, 6.07) is 4.63. The number of carboxylic acid groups (broad SMARTS) is 1. The summed E-state index contributed by atoms with van der Waals surface area (Å²) < 4.78 is 4.94. The average molecular weight is 354 g/mol. The number of nitro groups is 1. The number of hydrogen-bond acceptors (Lipinski definition) is 6. The van der Waals surface area contributed by atoms with Crippen molar-refractivity contribution < 1.29 is 24.4 Å². The van der Waals surface area contributed by atoms with Crippen LogP contribution in [0.2, 0.25) is 0 Å². The number of hydrogen-bond donors (Lipinski definition) is 2. The van der Waals surface area contributed by atoms with Gasteiger partial charge in [0.2, 0.25) is 5.91 Å². The molecule has 0 unspecified atom stereocenters. The summed E-state index contributed by atoms with van der Waals surface area (Å²) in [7, 11) is 1.37. The Morgan fingerprint density at radius 3 is 2.75 bits per heavy atom. The Morgan fingerprint density at radius 1 is 1.46 bits per heavy atom. The molecule has 1 aliphatic rings. The van der Waals surface area contributed by atoms with E-state index in [2.05, 4.69) is 5.32 Å². The minimum Gasteiger partial charge on any atom is -0.490 e. The predicted octanol–water partition coefficient (Wildman–Crippen LogP) is 1.82. The lowest BCUT2D eigenvalue weighted by molar-refractivity contribution is -0.385. The monoisotopic (exact) mass is 354 g/mol. The minimum atomic E-state index is -0.823. The van der Waals surface area contributed by atoms with E-state index in [9.17, 15) is 19.7 Å². The van der Waals surface area contributed by atoms with Crippen molar-refractivity contribution in [2.45, 2.75) is 24.6 Å². The Balaban J connectivity index is 1.76. The molecule has 1 aromatic carbocycles. The van der Waals surface area contributed by atoms with Gasteiger partial charge in [-0.3, -0.25) is 19.7 Å². The van der Waals surface area contributed by atoms with Gasteiger partial charge in [0.1, 0.15) is 0 Å². The van der Waals surface area contributed by atoms with Gasteiger partial charge in [0, 0.05) is 17.9 Å². The number of benzene rings is 1. The van der Waals surface area contributed by atoms with Crippen molar-refractivity contribution in [3.63, 3.8) is 0 Å². The quantitative estimate of drug-likeness (QED) is 0.540. The molecule has 9 heteroatoms. The first kappa shape index (κ1) is 18.1. The van der Waals surface area contributed by atoms with Crippen LogP contribution in [-0.4, -0.2) is 40.8 Å². The highest BCUT2D eigenvalue weighted by atomic mass is 32.2. The van der Waals surface area contributed by atoms with Gasteiger partial charge in [0.15, 0.2) is 5.75 Å². The van der Waals surface area contributed by atoms with Crippen LogP contribution in [0.15, 0.2) is 18.2 Å². The molecule has 0 bridgehead atoms. The van der Waals surface area contributed by atoms with Gasteiger partial charge in [-0.25, -0.2) is 0 Å². The zero-order valence-electron chi connectivity index (χ0n) is 13.1. The van der Waals surface area contributed by atoms with Crippen LogP contribution in [0.25, 0.3) is 0 Å². The van der Waals surface area contributed by atoms with E-state index >= 15 is 0 Å². The van der Waals surface area contributed by atoms with Crippen LogP contribution in [-0.2, 0) is 15.3 Å². The Morgan fingerprint density at radius 2 is 2.17 bits per heavy atom. The van der Waals surface area contributed by atoms with Crippen molar-refractivity contribution in [2.24, 2.45) is 5.92 Å². The standard InChI is InChI=1S/C15H18N2O6S/c1-23-13-3-2-9(4-12(13)17(21)22)7-24-8-14(18)16-11-5-10(6-11)15(19)20/h2-4,10-11H,5-8H2,1H3,(H,16,18)(H,19,20). The van der Waals surface area contributed by atoms with E-state index in [1.54, 1.807) is 6.07 Å². The van der Waals surface area contributed by atoms with Gasteiger partial charge in [-0.1, -0.05) is 6.07 Å². The Hall–Kier alpha value is -2.29.